The number of rotatable bonds is 2. The smallest absolute Gasteiger partial charge is 0.147 e. The van der Waals surface area contributed by atoms with Crippen LogP contribution in [0, 0.1) is 0 Å². The van der Waals surface area contributed by atoms with E-state index in [-0.39, 0.29) is 24.8 Å². The molecule has 0 nitrogen and oxygen atoms in total. The summed E-state index contributed by atoms with van der Waals surface area (Å²) < 4.78 is 9.06. The van der Waals surface area contributed by atoms with Gasteiger partial charge in [0.05, 0.1) is 0 Å². The van der Waals surface area contributed by atoms with Crippen molar-refractivity contribution in [1.82, 2.24) is 0 Å². The summed E-state index contributed by atoms with van der Waals surface area (Å²) in [5.41, 5.74) is 3.17. The molecule has 0 unspecified atom stereocenters. The first-order valence-corrected chi connectivity index (χ1v) is 28.8. The van der Waals surface area contributed by atoms with Crippen LogP contribution in [0.5, 0.6) is 0 Å². The molecule has 0 spiro atoms. The van der Waals surface area contributed by atoms with Gasteiger partial charge in [0.1, 0.15) is 0 Å². The summed E-state index contributed by atoms with van der Waals surface area (Å²) in [5, 5.41) is 0. The molecule has 2 aliphatic rings. The fourth-order valence-electron chi connectivity index (χ4n) is 3.51. The van der Waals surface area contributed by atoms with Gasteiger partial charge in [-0.2, -0.15) is 0 Å². The fraction of sp³-hybridized carbons (Fsp3) is 0.429. The normalized spacial score (nSPS) is 20.8. The monoisotopic (exact) mass is 471 g/mol. The van der Waals surface area contributed by atoms with Gasteiger partial charge in [0.25, 0.3) is 0 Å². The molecule has 0 aromatic rings. The predicted molar refractivity (Wildman–Crippen MR) is 89.1 cm³/mol. The summed E-state index contributed by atoms with van der Waals surface area (Å²) in [6.45, 7) is 4.63. The van der Waals surface area contributed by atoms with Gasteiger partial charge in [-0.25, -0.2) is 0 Å². The van der Waals surface area contributed by atoms with Crippen LogP contribution in [0.2, 0.25) is 9.36 Å². The Morgan fingerprint density at radius 3 is 1.44 bits per heavy atom. The molecule has 0 saturated carbocycles. The van der Waals surface area contributed by atoms with Gasteiger partial charge in [-0.1, -0.05) is 0 Å². The van der Waals surface area contributed by atoms with Crippen molar-refractivity contribution in [3.8, 4) is 0 Å². The summed E-state index contributed by atoms with van der Waals surface area (Å²) in [6.07, 6.45) is 11.9. The van der Waals surface area contributed by atoms with Gasteiger partial charge in [0.2, 0.25) is 0 Å². The molecule has 0 amide bonds. The minimum absolute atomic E-state index is 0. The molecule has 0 aromatic carbocycles. The Morgan fingerprint density at radius 2 is 1.22 bits per heavy atom. The van der Waals surface area contributed by atoms with Gasteiger partial charge in [-0.3, -0.25) is 0 Å². The SMILES string of the molecule is CC1=[C]([Hf]([CH3])([CH3])([SiH3])[C]2=C(C)C=CC2)CC=C1.Cl.Cl. The number of allylic oxidation sites excluding steroid dienone is 8. The largest absolute Gasteiger partial charge is 0.147 e. The minimum atomic E-state index is -2.76. The zero-order valence-electron chi connectivity index (χ0n) is 12.0. The maximum absolute atomic E-state index is 2.76. The van der Waals surface area contributed by atoms with E-state index in [1.54, 1.807) is 11.1 Å². The third-order valence-corrected chi connectivity index (χ3v) is 33.8. The molecule has 0 atom stereocenters. The summed E-state index contributed by atoms with van der Waals surface area (Å²) >= 11 is -2.76. The molecular weight excluding hydrogens is 446 g/mol. The first-order chi connectivity index (χ1) is 7.31. The molecule has 0 radical (unpaired) electrons. The average molecular weight is 471 g/mol. The molecular formula is C14H25Cl2HfSi. The Balaban J connectivity index is 0.00000144. The molecule has 0 fully saturated rings. The van der Waals surface area contributed by atoms with Gasteiger partial charge in [0.15, 0.2) is 0 Å². The molecule has 2 aliphatic carbocycles. The van der Waals surface area contributed by atoms with Crippen molar-refractivity contribution in [3.63, 3.8) is 0 Å². The van der Waals surface area contributed by atoms with Crippen molar-refractivity contribution in [1.29, 1.82) is 0 Å². The van der Waals surface area contributed by atoms with Gasteiger partial charge in [-0.15, -0.1) is 24.8 Å². The second kappa shape index (κ2) is 5.95. The molecule has 18 heavy (non-hydrogen) atoms. The number of hydrogen-bond donors (Lipinski definition) is 0. The summed E-state index contributed by atoms with van der Waals surface area (Å²) in [4.78, 5) is 0. The van der Waals surface area contributed by atoms with E-state index in [4.69, 9.17) is 0 Å². The van der Waals surface area contributed by atoms with E-state index < -0.39 is 17.7 Å². The summed E-state index contributed by atoms with van der Waals surface area (Å²) in [5.74, 6) is 0. The van der Waals surface area contributed by atoms with E-state index in [0.29, 0.717) is 0 Å². The Hall–Kier alpha value is 0.627. The van der Waals surface area contributed by atoms with E-state index >= 15 is 0 Å². The molecule has 0 bridgehead atoms. The third kappa shape index (κ3) is 3.03. The van der Waals surface area contributed by atoms with Crippen LogP contribution < -0.4 is 0 Å². The topological polar surface area (TPSA) is 0 Å². The van der Waals surface area contributed by atoms with Crippen LogP contribution >= 0.6 is 24.8 Å². The standard InChI is InChI=1S/2C6H7.2CH3.2ClH.Hf.H3Si/c2*1-6-4-2-3-5-6;;;;;;/h2*2,4H,3H2,1H3;2*1H3;2*1H;;1H3. The van der Waals surface area contributed by atoms with E-state index in [1.807, 2.05) is 6.66 Å². The van der Waals surface area contributed by atoms with Crippen LogP contribution in [0.1, 0.15) is 26.7 Å². The molecule has 0 aliphatic heterocycles. The summed E-state index contributed by atoms with van der Waals surface area (Å²) in [7, 11) is 1.39. The molecule has 0 aromatic heterocycles. The van der Waals surface area contributed by atoms with Crippen LogP contribution in [0.15, 0.2) is 42.1 Å². The van der Waals surface area contributed by atoms with Gasteiger partial charge in [-0.05, 0) is 0 Å². The van der Waals surface area contributed by atoms with Crippen molar-refractivity contribution >= 4 is 32.2 Å². The zero-order chi connectivity index (χ0) is 12.0. The molecule has 103 valence electrons. The average Bonchev–Trinajstić information content (AvgIpc) is 2.73. The van der Waals surface area contributed by atoms with E-state index in [1.165, 1.54) is 20.3 Å². The Labute approximate surface area is 127 Å². The van der Waals surface area contributed by atoms with Crippen molar-refractivity contribution in [2.24, 2.45) is 0 Å². The van der Waals surface area contributed by atoms with E-state index in [9.17, 15) is 0 Å². The molecule has 4 heteroatoms. The fourth-order valence-corrected chi connectivity index (χ4v) is 31.1. The van der Waals surface area contributed by atoms with Crippen molar-refractivity contribution in [2.75, 3.05) is 0 Å². The van der Waals surface area contributed by atoms with Crippen molar-refractivity contribution < 1.29 is 17.7 Å². The third-order valence-electron chi connectivity index (χ3n) is 4.44. The first-order valence-electron chi connectivity index (χ1n) is 6.27. The van der Waals surface area contributed by atoms with E-state index in [2.05, 4.69) is 47.5 Å². The van der Waals surface area contributed by atoms with Crippen LogP contribution in [0.4, 0.5) is 0 Å². The molecule has 0 N–H and O–H groups in total. The maximum Gasteiger partial charge on any atom is -0.147 e. The van der Waals surface area contributed by atoms with Crippen LogP contribution in [0.25, 0.3) is 0 Å². The number of halogens is 2. The van der Waals surface area contributed by atoms with E-state index in [0.717, 1.165) is 0 Å². The predicted octanol–water partition coefficient (Wildman–Crippen LogP) is 4.36. The second-order valence-corrected chi connectivity index (χ2v) is 58.0. The number of hydrogen-bond acceptors (Lipinski definition) is 0. The van der Waals surface area contributed by atoms with Gasteiger partial charge < -0.3 is 0 Å². The first kappa shape index (κ1) is 18.6. The van der Waals surface area contributed by atoms with Crippen molar-refractivity contribution in [3.05, 3.63) is 42.1 Å². The Morgan fingerprint density at radius 1 is 0.889 bits per heavy atom. The molecule has 0 heterocycles. The second-order valence-electron chi connectivity index (χ2n) is 6.66. The molecule has 0 saturated heterocycles. The zero-order valence-corrected chi connectivity index (χ0v) is 19.3. The maximum atomic E-state index is 2.67. The minimum Gasteiger partial charge on any atom is -0.147 e. The van der Waals surface area contributed by atoms with Crippen molar-refractivity contribution in [2.45, 2.75) is 36.0 Å². The van der Waals surface area contributed by atoms with Gasteiger partial charge in [0, 0.05) is 0 Å². The quantitative estimate of drug-likeness (QED) is 0.526. The van der Waals surface area contributed by atoms with Crippen LogP contribution in [-0.2, 0) is 17.7 Å². The Kier molecular flexibility index (Phi) is 6.15. The van der Waals surface area contributed by atoms with Gasteiger partial charge >= 0.3 is 103 Å². The molecule has 2 rings (SSSR count). The Bertz CT molecular complexity index is 422. The van der Waals surface area contributed by atoms with Crippen LogP contribution in [0.3, 0.4) is 0 Å². The van der Waals surface area contributed by atoms with Crippen LogP contribution in [-0.4, -0.2) is 7.43 Å². The summed E-state index contributed by atoms with van der Waals surface area (Å²) in [6, 6.07) is 0.